The van der Waals surface area contributed by atoms with Crippen molar-refractivity contribution in [1.29, 1.82) is 0 Å². The van der Waals surface area contributed by atoms with Gasteiger partial charge in [0.05, 0.1) is 10.9 Å². The van der Waals surface area contributed by atoms with Gasteiger partial charge in [0, 0.05) is 24.5 Å². The molecule has 5 rings (SSSR count). The summed E-state index contributed by atoms with van der Waals surface area (Å²) in [5.74, 6) is -0.340. The molecule has 1 saturated carbocycles. The number of nitrogens with one attached hydrogen (secondary N) is 2. The Morgan fingerprint density at radius 3 is 2.71 bits per heavy atom. The SMILES string of the molecule is O=C(Nc1cccc(CN2CCCCC2)c1)c1cnc2c(c1)c(=O)[nH]c(=O)n2C1CC1. The monoisotopic (exact) mass is 419 g/mol. The summed E-state index contributed by atoms with van der Waals surface area (Å²) in [6.45, 7) is 3.09. The van der Waals surface area contributed by atoms with Crippen LogP contribution in [0.3, 0.4) is 0 Å². The second kappa shape index (κ2) is 8.11. The van der Waals surface area contributed by atoms with Crippen LogP contribution >= 0.6 is 0 Å². The number of aromatic nitrogens is 3. The van der Waals surface area contributed by atoms with Crippen molar-refractivity contribution in [3.8, 4) is 0 Å². The number of fused-ring (bicyclic) bond motifs is 1. The number of pyridine rings is 1. The molecule has 8 heteroatoms. The van der Waals surface area contributed by atoms with E-state index in [1.54, 1.807) is 0 Å². The first-order chi connectivity index (χ1) is 15.1. The minimum atomic E-state index is -0.525. The van der Waals surface area contributed by atoms with Crippen LogP contribution in [0.4, 0.5) is 5.69 Å². The molecule has 2 N–H and O–H groups in total. The summed E-state index contributed by atoms with van der Waals surface area (Å²) in [6.07, 6.45) is 6.97. The minimum absolute atomic E-state index is 0.0710. The lowest BCUT2D eigenvalue weighted by atomic mass is 10.1. The highest BCUT2D eigenvalue weighted by Crippen LogP contribution is 2.34. The van der Waals surface area contributed by atoms with Gasteiger partial charge in [-0.3, -0.25) is 24.0 Å². The number of hydrogen-bond acceptors (Lipinski definition) is 5. The molecular weight excluding hydrogens is 394 g/mol. The first-order valence-electron chi connectivity index (χ1n) is 10.9. The van der Waals surface area contributed by atoms with Gasteiger partial charge in [-0.1, -0.05) is 18.6 Å². The Morgan fingerprint density at radius 1 is 1.13 bits per heavy atom. The number of rotatable bonds is 5. The molecular formula is C23H25N5O3. The number of H-pyrrole nitrogens is 1. The first kappa shape index (κ1) is 19.7. The number of amides is 1. The van der Waals surface area contributed by atoms with Gasteiger partial charge < -0.3 is 5.32 Å². The van der Waals surface area contributed by atoms with E-state index in [2.05, 4.69) is 26.3 Å². The van der Waals surface area contributed by atoms with Crippen LogP contribution in [0.5, 0.6) is 0 Å². The van der Waals surface area contributed by atoms with Crippen molar-refractivity contribution < 1.29 is 4.79 Å². The molecule has 1 amide bonds. The van der Waals surface area contributed by atoms with Gasteiger partial charge in [-0.25, -0.2) is 9.78 Å². The summed E-state index contributed by atoms with van der Waals surface area (Å²) < 4.78 is 1.52. The number of benzene rings is 1. The van der Waals surface area contributed by atoms with E-state index >= 15 is 0 Å². The van der Waals surface area contributed by atoms with E-state index in [0.29, 0.717) is 11.3 Å². The molecule has 1 aromatic carbocycles. The van der Waals surface area contributed by atoms with Gasteiger partial charge in [0.1, 0.15) is 5.65 Å². The number of aromatic amines is 1. The smallest absolute Gasteiger partial charge is 0.322 e. The third-order valence-corrected chi connectivity index (χ3v) is 5.99. The number of carbonyl (C=O) groups is 1. The van der Waals surface area contributed by atoms with Crippen LogP contribution in [0.15, 0.2) is 46.1 Å². The Kier molecular flexibility index (Phi) is 5.15. The molecule has 3 heterocycles. The van der Waals surface area contributed by atoms with E-state index in [9.17, 15) is 14.4 Å². The van der Waals surface area contributed by atoms with Crippen molar-refractivity contribution in [1.82, 2.24) is 19.4 Å². The van der Waals surface area contributed by atoms with Crippen molar-refractivity contribution in [3.63, 3.8) is 0 Å². The molecule has 160 valence electrons. The highest BCUT2D eigenvalue weighted by Gasteiger charge is 2.27. The van der Waals surface area contributed by atoms with Crippen LogP contribution in [0, 0.1) is 0 Å². The Bertz CT molecular complexity index is 1250. The van der Waals surface area contributed by atoms with Gasteiger partial charge in [-0.2, -0.15) is 0 Å². The number of anilines is 1. The molecule has 0 unspecified atom stereocenters. The molecule has 0 radical (unpaired) electrons. The Labute approximate surface area is 178 Å². The van der Waals surface area contributed by atoms with Gasteiger partial charge in [0.15, 0.2) is 0 Å². The summed E-state index contributed by atoms with van der Waals surface area (Å²) in [5.41, 5.74) is 1.49. The molecule has 1 saturated heterocycles. The normalized spacial score (nSPS) is 17.0. The summed E-state index contributed by atoms with van der Waals surface area (Å²) in [4.78, 5) is 46.4. The number of nitrogens with zero attached hydrogens (tertiary/aromatic N) is 3. The topological polar surface area (TPSA) is 100 Å². The van der Waals surface area contributed by atoms with Crippen LogP contribution in [0.1, 0.15) is 54.1 Å². The summed E-state index contributed by atoms with van der Waals surface area (Å²) in [7, 11) is 0. The molecule has 1 aliphatic heterocycles. The number of piperidine rings is 1. The molecule has 8 nitrogen and oxygen atoms in total. The predicted octanol–water partition coefficient (Wildman–Crippen LogP) is 2.66. The van der Waals surface area contributed by atoms with Crippen molar-refractivity contribution in [2.24, 2.45) is 0 Å². The average Bonchev–Trinajstić information content (AvgIpc) is 3.60. The maximum atomic E-state index is 12.8. The van der Waals surface area contributed by atoms with Crippen molar-refractivity contribution in [3.05, 3.63) is 68.5 Å². The minimum Gasteiger partial charge on any atom is -0.322 e. The Hall–Kier alpha value is -3.26. The maximum absolute atomic E-state index is 12.8. The average molecular weight is 419 g/mol. The van der Waals surface area contributed by atoms with Crippen LogP contribution in [-0.4, -0.2) is 38.4 Å². The number of hydrogen-bond donors (Lipinski definition) is 2. The molecule has 0 bridgehead atoms. The number of likely N-dealkylation sites (tertiary alicyclic amines) is 1. The third kappa shape index (κ3) is 4.16. The summed E-state index contributed by atoms with van der Waals surface area (Å²) >= 11 is 0. The van der Waals surface area contributed by atoms with Gasteiger partial charge >= 0.3 is 5.69 Å². The standard InChI is InChI=1S/C23H25N5O3/c29-21(25-17-6-4-5-15(11-17)14-27-9-2-1-3-10-27)16-12-19-20(24-13-16)28(18-7-8-18)23(31)26-22(19)30/h4-6,11-13,18H,1-3,7-10,14H2,(H,25,29)(H,26,30,31). The third-order valence-electron chi connectivity index (χ3n) is 5.99. The molecule has 2 fully saturated rings. The summed E-state index contributed by atoms with van der Waals surface area (Å²) in [5, 5.41) is 3.15. The van der Waals surface area contributed by atoms with Gasteiger partial charge in [-0.15, -0.1) is 0 Å². The van der Waals surface area contributed by atoms with E-state index in [1.807, 2.05) is 18.2 Å². The predicted molar refractivity (Wildman–Crippen MR) is 118 cm³/mol. The van der Waals surface area contributed by atoms with Crippen molar-refractivity contribution >= 4 is 22.6 Å². The fourth-order valence-corrected chi connectivity index (χ4v) is 4.26. The number of carbonyl (C=O) groups excluding carboxylic acids is 1. The van der Waals surface area contributed by atoms with Gasteiger partial charge in [0.2, 0.25) is 0 Å². The van der Waals surface area contributed by atoms with Crippen LogP contribution in [0.2, 0.25) is 0 Å². The zero-order chi connectivity index (χ0) is 21.4. The highest BCUT2D eigenvalue weighted by atomic mass is 16.2. The largest absolute Gasteiger partial charge is 0.330 e. The molecule has 0 spiro atoms. The second-order valence-corrected chi connectivity index (χ2v) is 8.45. The Balaban J connectivity index is 1.37. The van der Waals surface area contributed by atoms with Gasteiger partial charge in [-0.05, 0) is 62.5 Å². The second-order valence-electron chi connectivity index (χ2n) is 8.45. The van der Waals surface area contributed by atoms with Crippen molar-refractivity contribution in [2.75, 3.05) is 18.4 Å². The fraction of sp³-hybridized carbons (Fsp3) is 0.391. The molecule has 31 heavy (non-hydrogen) atoms. The molecule has 2 aliphatic rings. The highest BCUT2D eigenvalue weighted by molar-refractivity contribution is 6.05. The fourth-order valence-electron chi connectivity index (χ4n) is 4.26. The summed E-state index contributed by atoms with van der Waals surface area (Å²) in [6, 6.07) is 9.42. The van der Waals surface area contributed by atoms with Crippen LogP contribution in [-0.2, 0) is 6.54 Å². The van der Waals surface area contributed by atoms with E-state index in [-0.39, 0.29) is 22.9 Å². The molecule has 2 aromatic heterocycles. The van der Waals surface area contributed by atoms with Crippen LogP contribution in [0.25, 0.3) is 11.0 Å². The zero-order valence-electron chi connectivity index (χ0n) is 17.3. The van der Waals surface area contributed by atoms with Crippen molar-refractivity contribution in [2.45, 2.75) is 44.7 Å². The quantitative estimate of drug-likeness (QED) is 0.662. The first-order valence-corrected chi connectivity index (χ1v) is 10.9. The lowest BCUT2D eigenvalue weighted by Crippen LogP contribution is -2.30. The Morgan fingerprint density at radius 2 is 1.94 bits per heavy atom. The van der Waals surface area contributed by atoms with E-state index in [0.717, 1.165) is 38.0 Å². The maximum Gasteiger partial charge on any atom is 0.330 e. The lowest BCUT2D eigenvalue weighted by Gasteiger charge is -2.26. The van der Waals surface area contributed by atoms with Crippen LogP contribution < -0.4 is 16.6 Å². The zero-order valence-corrected chi connectivity index (χ0v) is 17.3. The lowest BCUT2D eigenvalue weighted by molar-refractivity contribution is 0.102. The van der Waals surface area contributed by atoms with E-state index in [1.165, 1.54) is 36.1 Å². The molecule has 1 aliphatic carbocycles. The molecule has 3 aromatic rings. The van der Waals surface area contributed by atoms with E-state index < -0.39 is 11.2 Å². The molecule has 0 atom stereocenters. The van der Waals surface area contributed by atoms with E-state index in [4.69, 9.17) is 0 Å². The van der Waals surface area contributed by atoms with Gasteiger partial charge in [0.25, 0.3) is 11.5 Å².